The minimum atomic E-state index is -3.25. The van der Waals surface area contributed by atoms with Crippen molar-refractivity contribution in [3.8, 4) is 0 Å². The van der Waals surface area contributed by atoms with E-state index in [2.05, 4.69) is 58.5 Å². The third kappa shape index (κ3) is 10.0. The van der Waals surface area contributed by atoms with Crippen molar-refractivity contribution in [1.29, 1.82) is 0 Å². The Kier molecular flexibility index (Phi) is 9.96. The average molecular weight is 482 g/mol. The number of aliphatic imine (C=N–C) groups is 1. The van der Waals surface area contributed by atoms with Crippen molar-refractivity contribution < 1.29 is 8.42 Å². The first kappa shape index (κ1) is 24.1. The van der Waals surface area contributed by atoms with Gasteiger partial charge in [-0.05, 0) is 32.3 Å². The van der Waals surface area contributed by atoms with Gasteiger partial charge in [-0.1, -0.05) is 36.8 Å². The highest BCUT2D eigenvalue weighted by atomic mass is 127. The van der Waals surface area contributed by atoms with Crippen LogP contribution in [0, 0.1) is 6.92 Å². The van der Waals surface area contributed by atoms with Crippen LogP contribution in [0.2, 0.25) is 0 Å². The zero-order valence-electron chi connectivity index (χ0n) is 15.9. The molecule has 0 saturated heterocycles. The molecule has 0 spiro atoms. The SMILES string of the molecule is CN=C(NCC(C)c1cccc(C)c1)NCC(C)(C)NS(C)(=O)=O.I. The van der Waals surface area contributed by atoms with Crippen LogP contribution in [0.15, 0.2) is 29.3 Å². The highest BCUT2D eigenvalue weighted by Gasteiger charge is 2.22. The summed E-state index contributed by atoms with van der Waals surface area (Å²) in [4.78, 5) is 4.19. The molecule has 0 fully saturated rings. The number of guanidine groups is 1. The van der Waals surface area contributed by atoms with Gasteiger partial charge in [0, 0.05) is 25.7 Å². The van der Waals surface area contributed by atoms with Gasteiger partial charge in [-0.15, -0.1) is 24.0 Å². The van der Waals surface area contributed by atoms with Crippen LogP contribution in [-0.4, -0.2) is 46.3 Å². The summed E-state index contributed by atoms with van der Waals surface area (Å²) in [7, 11) is -1.55. The van der Waals surface area contributed by atoms with Gasteiger partial charge in [0.25, 0.3) is 0 Å². The number of benzene rings is 1. The van der Waals surface area contributed by atoms with Crippen LogP contribution in [0.5, 0.6) is 0 Å². The maximum absolute atomic E-state index is 11.4. The molecule has 144 valence electrons. The summed E-state index contributed by atoms with van der Waals surface area (Å²) in [6.45, 7) is 9.06. The number of rotatable bonds is 7. The molecule has 3 N–H and O–H groups in total. The normalized spacial score (nSPS) is 13.8. The summed E-state index contributed by atoms with van der Waals surface area (Å²) in [6.07, 6.45) is 1.16. The minimum Gasteiger partial charge on any atom is -0.356 e. The zero-order chi connectivity index (χ0) is 18.4. The largest absolute Gasteiger partial charge is 0.356 e. The molecule has 8 heteroatoms. The Hall–Kier alpha value is -0.870. The van der Waals surface area contributed by atoms with Gasteiger partial charge in [0.15, 0.2) is 5.96 Å². The monoisotopic (exact) mass is 482 g/mol. The van der Waals surface area contributed by atoms with E-state index in [1.54, 1.807) is 7.05 Å². The highest BCUT2D eigenvalue weighted by Crippen LogP contribution is 2.15. The quantitative estimate of drug-likeness (QED) is 0.316. The van der Waals surface area contributed by atoms with E-state index in [0.29, 0.717) is 18.4 Å². The first-order valence-electron chi connectivity index (χ1n) is 8.02. The van der Waals surface area contributed by atoms with Gasteiger partial charge in [-0.25, -0.2) is 13.1 Å². The van der Waals surface area contributed by atoms with Crippen molar-refractivity contribution in [3.05, 3.63) is 35.4 Å². The summed E-state index contributed by atoms with van der Waals surface area (Å²) in [5.74, 6) is 0.989. The summed E-state index contributed by atoms with van der Waals surface area (Å²) >= 11 is 0. The fourth-order valence-corrected chi connectivity index (χ4v) is 3.48. The molecule has 0 aliphatic heterocycles. The highest BCUT2D eigenvalue weighted by molar-refractivity contribution is 14.0. The summed E-state index contributed by atoms with van der Waals surface area (Å²) in [5, 5.41) is 6.45. The maximum atomic E-state index is 11.4. The number of hydrogen-bond donors (Lipinski definition) is 3. The fourth-order valence-electron chi connectivity index (χ4n) is 2.41. The van der Waals surface area contributed by atoms with Gasteiger partial charge in [0.1, 0.15) is 0 Å². The van der Waals surface area contributed by atoms with E-state index in [1.165, 1.54) is 11.1 Å². The standard InChI is InChI=1S/C17H30N4O2S.HI/c1-13-8-7-9-15(10-13)14(2)11-19-16(18-5)20-12-17(3,4)21-24(6,22)23;/h7-10,14,21H,11-12H2,1-6H3,(H2,18,19,20);1H. The molecule has 1 atom stereocenters. The molecule has 1 unspecified atom stereocenters. The smallest absolute Gasteiger partial charge is 0.209 e. The van der Waals surface area contributed by atoms with Crippen LogP contribution < -0.4 is 15.4 Å². The lowest BCUT2D eigenvalue weighted by atomic mass is 9.99. The molecule has 0 radical (unpaired) electrons. The van der Waals surface area contributed by atoms with E-state index in [0.717, 1.165) is 12.8 Å². The predicted molar refractivity (Wildman–Crippen MR) is 116 cm³/mol. The van der Waals surface area contributed by atoms with E-state index in [4.69, 9.17) is 0 Å². The summed E-state index contributed by atoms with van der Waals surface area (Å²) < 4.78 is 25.4. The molecule has 0 bridgehead atoms. The number of hydrogen-bond acceptors (Lipinski definition) is 3. The van der Waals surface area contributed by atoms with Crippen LogP contribution in [0.4, 0.5) is 0 Å². The van der Waals surface area contributed by atoms with Crippen LogP contribution in [0.25, 0.3) is 0 Å². The molecule has 6 nitrogen and oxygen atoms in total. The molecular formula is C17H31IN4O2S. The summed E-state index contributed by atoms with van der Waals surface area (Å²) in [6, 6.07) is 8.45. The number of nitrogens with one attached hydrogen (secondary N) is 3. The van der Waals surface area contributed by atoms with Gasteiger partial charge >= 0.3 is 0 Å². The van der Waals surface area contributed by atoms with Crippen LogP contribution in [-0.2, 0) is 10.0 Å². The van der Waals surface area contributed by atoms with Gasteiger partial charge in [0.05, 0.1) is 6.26 Å². The Bertz CT molecular complexity index is 675. The Balaban J connectivity index is 0.00000576. The van der Waals surface area contributed by atoms with Gasteiger partial charge in [-0.3, -0.25) is 4.99 Å². The van der Waals surface area contributed by atoms with Crippen LogP contribution in [0.1, 0.15) is 37.8 Å². The van der Waals surface area contributed by atoms with Crippen LogP contribution >= 0.6 is 24.0 Å². The molecule has 0 saturated carbocycles. The zero-order valence-corrected chi connectivity index (χ0v) is 19.0. The van der Waals surface area contributed by atoms with Crippen molar-refractivity contribution >= 4 is 40.0 Å². The lowest BCUT2D eigenvalue weighted by Crippen LogP contribution is -2.53. The molecule has 0 heterocycles. The Morgan fingerprint density at radius 2 is 1.92 bits per heavy atom. The number of aryl methyl sites for hydroxylation is 1. The summed E-state index contributed by atoms with van der Waals surface area (Å²) in [5.41, 5.74) is 1.92. The molecule has 25 heavy (non-hydrogen) atoms. The Morgan fingerprint density at radius 1 is 1.28 bits per heavy atom. The van der Waals surface area contributed by atoms with Gasteiger partial charge < -0.3 is 10.6 Å². The topological polar surface area (TPSA) is 82.6 Å². The minimum absolute atomic E-state index is 0. The Morgan fingerprint density at radius 3 is 2.44 bits per heavy atom. The molecule has 0 aliphatic rings. The van der Waals surface area contributed by atoms with Crippen molar-refractivity contribution in [2.24, 2.45) is 4.99 Å². The van der Waals surface area contributed by atoms with E-state index < -0.39 is 15.6 Å². The number of halogens is 1. The van der Waals surface area contributed by atoms with E-state index in [9.17, 15) is 8.42 Å². The third-order valence-electron chi connectivity index (χ3n) is 3.57. The maximum Gasteiger partial charge on any atom is 0.209 e. The number of nitrogens with zero attached hydrogens (tertiary/aromatic N) is 1. The molecule has 0 amide bonds. The second-order valence-electron chi connectivity index (χ2n) is 6.88. The fraction of sp³-hybridized carbons (Fsp3) is 0.588. The Labute approximate surface area is 169 Å². The van der Waals surface area contributed by atoms with E-state index in [-0.39, 0.29) is 24.0 Å². The van der Waals surface area contributed by atoms with Crippen molar-refractivity contribution in [2.45, 2.75) is 39.2 Å². The van der Waals surface area contributed by atoms with Gasteiger partial charge in [0.2, 0.25) is 10.0 Å². The van der Waals surface area contributed by atoms with E-state index >= 15 is 0 Å². The van der Waals surface area contributed by atoms with Crippen molar-refractivity contribution in [2.75, 3.05) is 26.4 Å². The molecule has 0 aromatic heterocycles. The first-order chi connectivity index (χ1) is 11.0. The van der Waals surface area contributed by atoms with E-state index in [1.807, 2.05) is 13.8 Å². The van der Waals surface area contributed by atoms with Crippen molar-refractivity contribution in [1.82, 2.24) is 15.4 Å². The second kappa shape index (κ2) is 10.3. The lowest BCUT2D eigenvalue weighted by molar-refractivity contribution is 0.446. The van der Waals surface area contributed by atoms with Crippen molar-refractivity contribution in [3.63, 3.8) is 0 Å². The number of sulfonamides is 1. The molecule has 0 aliphatic carbocycles. The van der Waals surface area contributed by atoms with Crippen LogP contribution in [0.3, 0.4) is 0 Å². The molecular weight excluding hydrogens is 451 g/mol. The molecule has 1 aromatic rings. The lowest BCUT2D eigenvalue weighted by Gasteiger charge is -2.26. The predicted octanol–water partition coefficient (Wildman–Crippen LogP) is 2.21. The second-order valence-corrected chi connectivity index (χ2v) is 8.63. The first-order valence-corrected chi connectivity index (χ1v) is 9.91. The third-order valence-corrected chi connectivity index (χ3v) is 4.49. The average Bonchev–Trinajstić information content (AvgIpc) is 2.44. The molecule has 1 rings (SSSR count). The molecule has 1 aromatic carbocycles. The van der Waals surface area contributed by atoms with Gasteiger partial charge in [-0.2, -0.15) is 0 Å².